The average Bonchev–Trinajstić information content (AvgIpc) is 3.90. The Morgan fingerprint density at radius 2 is 1.75 bits per heavy atom. The van der Waals surface area contributed by atoms with Crippen molar-refractivity contribution in [2.75, 3.05) is 27.1 Å². The number of hydrazone groups is 1. The Morgan fingerprint density at radius 3 is 2.44 bits per heavy atom. The number of furan rings is 1. The highest BCUT2D eigenvalue weighted by Gasteiger charge is 2.36. The summed E-state index contributed by atoms with van der Waals surface area (Å²) in [6.45, 7) is -0.00222. The highest BCUT2D eigenvalue weighted by molar-refractivity contribution is 7.99. The van der Waals surface area contributed by atoms with Gasteiger partial charge in [0.1, 0.15) is 11.6 Å². The van der Waals surface area contributed by atoms with Crippen LogP contribution in [0, 0.1) is 5.82 Å². The van der Waals surface area contributed by atoms with E-state index in [0.29, 0.717) is 40.3 Å². The number of hydrogen-bond donors (Lipinski definition) is 1. The Morgan fingerprint density at radius 1 is 0.958 bits per heavy atom. The molecule has 1 aliphatic rings. The Hall–Kier alpha value is -5.63. The molecule has 14 heteroatoms. The molecule has 5 aromatic rings. The van der Waals surface area contributed by atoms with Crippen molar-refractivity contribution >= 4 is 29.3 Å². The van der Waals surface area contributed by atoms with Crippen molar-refractivity contribution < 1.29 is 32.6 Å². The Balaban J connectivity index is 1.28. The number of carbonyl (C=O) groups excluding carboxylic acids is 2. The third-order valence-corrected chi connectivity index (χ3v) is 8.56. The predicted octanol–water partition coefficient (Wildman–Crippen LogP) is 5.43. The van der Waals surface area contributed by atoms with Gasteiger partial charge in [-0.25, -0.2) is 9.40 Å². The maximum atomic E-state index is 14.0. The van der Waals surface area contributed by atoms with Gasteiger partial charge in [0, 0.05) is 17.7 Å². The van der Waals surface area contributed by atoms with E-state index in [-0.39, 0.29) is 24.0 Å². The average molecular weight is 671 g/mol. The monoisotopic (exact) mass is 670 g/mol. The quantitative estimate of drug-likeness (QED) is 0.173. The molecule has 0 saturated carbocycles. The van der Waals surface area contributed by atoms with Crippen LogP contribution in [0.4, 0.5) is 4.39 Å². The molecular formula is C34H31FN6O6S. The van der Waals surface area contributed by atoms with E-state index in [1.54, 1.807) is 56.2 Å². The minimum absolute atomic E-state index is 0.00222. The van der Waals surface area contributed by atoms with Crippen LogP contribution in [-0.2, 0) is 11.3 Å². The molecule has 48 heavy (non-hydrogen) atoms. The lowest BCUT2D eigenvalue weighted by molar-refractivity contribution is -0.130. The van der Waals surface area contributed by atoms with Crippen LogP contribution < -0.4 is 19.5 Å². The fraction of sp³-hybridized carbons (Fsp3) is 0.206. The van der Waals surface area contributed by atoms with Crippen LogP contribution in [0.1, 0.15) is 40.0 Å². The van der Waals surface area contributed by atoms with Gasteiger partial charge in [-0.3, -0.25) is 14.2 Å². The summed E-state index contributed by atoms with van der Waals surface area (Å²) in [5.74, 6) is 1.08. The van der Waals surface area contributed by atoms with Crippen molar-refractivity contribution in [1.82, 2.24) is 25.1 Å². The van der Waals surface area contributed by atoms with E-state index >= 15 is 0 Å². The first-order valence-corrected chi connectivity index (χ1v) is 15.8. The van der Waals surface area contributed by atoms with Crippen LogP contribution in [0.3, 0.4) is 0 Å². The summed E-state index contributed by atoms with van der Waals surface area (Å²) in [4.78, 5) is 26.5. The third-order valence-electron chi connectivity index (χ3n) is 7.64. The normalized spacial score (nSPS) is 14.0. The van der Waals surface area contributed by atoms with Crippen molar-refractivity contribution in [1.29, 1.82) is 0 Å². The lowest BCUT2D eigenvalue weighted by Gasteiger charge is -2.24. The summed E-state index contributed by atoms with van der Waals surface area (Å²) in [6, 6.07) is 21.4. The first kappa shape index (κ1) is 32.3. The van der Waals surface area contributed by atoms with E-state index in [1.165, 1.54) is 23.4 Å². The minimum atomic E-state index is -0.484. The number of ether oxygens (including phenoxy) is 3. The number of thioether (sulfide) groups is 1. The molecule has 246 valence electrons. The molecule has 0 bridgehead atoms. The van der Waals surface area contributed by atoms with Crippen molar-refractivity contribution in [3.8, 4) is 22.9 Å². The van der Waals surface area contributed by atoms with E-state index < -0.39 is 17.8 Å². The summed E-state index contributed by atoms with van der Waals surface area (Å²) >= 11 is 1.14. The standard InChI is InChI=1S/C34H31FN6O6S/c1-44-24-15-9-21(10-16-24)26-18-27(25-6-4-7-28(45-2)32(25)46-3)41(39-26)31(42)20-48-34-38-37-30(19-36-33(43)29-8-5-17-47-29)40(34)23-13-11-22(35)12-14-23/h4-17,27H,18-20H2,1-3H3,(H,36,43). The van der Waals surface area contributed by atoms with Gasteiger partial charge in [-0.05, 0) is 72.3 Å². The fourth-order valence-corrected chi connectivity index (χ4v) is 6.14. The molecule has 0 fully saturated rings. The van der Waals surface area contributed by atoms with Gasteiger partial charge in [-0.2, -0.15) is 5.10 Å². The van der Waals surface area contributed by atoms with Gasteiger partial charge >= 0.3 is 0 Å². The van der Waals surface area contributed by atoms with Crippen molar-refractivity contribution in [3.05, 3.63) is 114 Å². The zero-order valence-electron chi connectivity index (χ0n) is 26.3. The Labute approximate surface area is 279 Å². The number of aromatic nitrogens is 3. The van der Waals surface area contributed by atoms with E-state index in [2.05, 4.69) is 15.5 Å². The Bertz CT molecular complexity index is 1930. The number of methoxy groups -OCH3 is 3. The molecule has 3 aromatic carbocycles. The maximum Gasteiger partial charge on any atom is 0.287 e. The van der Waals surface area contributed by atoms with Crippen LogP contribution in [0.25, 0.3) is 5.69 Å². The molecule has 0 saturated heterocycles. The summed E-state index contributed by atoms with van der Waals surface area (Å²) in [7, 11) is 4.71. The second-order valence-electron chi connectivity index (χ2n) is 10.5. The van der Waals surface area contributed by atoms with Gasteiger partial charge in [-0.15, -0.1) is 10.2 Å². The second-order valence-corrected chi connectivity index (χ2v) is 11.4. The molecule has 2 aromatic heterocycles. The summed E-state index contributed by atoms with van der Waals surface area (Å²) in [6.07, 6.45) is 1.83. The van der Waals surface area contributed by atoms with E-state index in [0.717, 1.165) is 28.6 Å². The number of hydrogen-bond acceptors (Lipinski definition) is 10. The molecule has 1 atom stereocenters. The van der Waals surface area contributed by atoms with Gasteiger partial charge in [0.15, 0.2) is 28.2 Å². The van der Waals surface area contributed by atoms with Crippen LogP contribution >= 0.6 is 11.8 Å². The van der Waals surface area contributed by atoms with Crippen LogP contribution in [-0.4, -0.2) is 64.4 Å². The Kier molecular flexibility index (Phi) is 9.71. The number of halogens is 1. The van der Waals surface area contributed by atoms with Crippen molar-refractivity contribution in [3.63, 3.8) is 0 Å². The first-order chi connectivity index (χ1) is 23.4. The minimum Gasteiger partial charge on any atom is -0.497 e. The van der Waals surface area contributed by atoms with E-state index in [4.69, 9.17) is 23.7 Å². The lowest BCUT2D eigenvalue weighted by Crippen LogP contribution is -2.29. The molecular weight excluding hydrogens is 639 g/mol. The highest BCUT2D eigenvalue weighted by Crippen LogP contribution is 2.42. The number of nitrogens with one attached hydrogen (secondary N) is 1. The van der Waals surface area contributed by atoms with Crippen LogP contribution in [0.5, 0.6) is 17.2 Å². The van der Waals surface area contributed by atoms with Crippen LogP contribution in [0.15, 0.2) is 99.8 Å². The molecule has 0 spiro atoms. The number of rotatable bonds is 12. The topological polar surface area (TPSA) is 133 Å². The summed E-state index contributed by atoms with van der Waals surface area (Å²) in [5, 5.41) is 18.0. The van der Waals surface area contributed by atoms with Gasteiger partial charge < -0.3 is 23.9 Å². The SMILES string of the molecule is COc1ccc(C2=NN(C(=O)CSc3nnc(CNC(=O)c4ccco4)n3-c3ccc(F)cc3)C(c3cccc(OC)c3OC)C2)cc1. The molecule has 0 radical (unpaired) electrons. The molecule has 0 aliphatic carbocycles. The molecule has 1 unspecified atom stereocenters. The number of carbonyl (C=O) groups is 2. The highest BCUT2D eigenvalue weighted by atomic mass is 32.2. The smallest absolute Gasteiger partial charge is 0.287 e. The number of nitrogens with zero attached hydrogens (tertiary/aromatic N) is 5. The lowest BCUT2D eigenvalue weighted by atomic mass is 9.97. The summed E-state index contributed by atoms with van der Waals surface area (Å²) in [5.41, 5.74) is 2.86. The van der Waals surface area contributed by atoms with Gasteiger partial charge in [0.25, 0.3) is 11.8 Å². The second kappa shape index (κ2) is 14.4. The van der Waals surface area contributed by atoms with Gasteiger partial charge in [-0.1, -0.05) is 23.9 Å². The zero-order chi connectivity index (χ0) is 33.6. The number of amides is 2. The first-order valence-electron chi connectivity index (χ1n) is 14.8. The summed E-state index contributed by atoms with van der Waals surface area (Å²) < 4.78 is 37.3. The maximum absolute atomic E-state index is 14.0. The van der Waals surface area contributed by atoms with Gasteiger partial charge in [0.05, 0.1) is 51.6 Å². The van der Waals surface area contributed by atoms with Crippen molar-refractivity contribution in [2.24, 2.45) is 5.10 Å². The zero-order valence-corrected chi connectivity index (χ0v) is 27.1. The molecule has 2 amide bonds. The molecule has 3 heterocycles. The van der Waals surface area contributed by atoms with E-state index in [9.17, 15) is 14.0 Å². The molecule has 1 aliphatic heterocycles. The number of para-hydroxylation sites is 1. The largest absolute Gasteiger partial charge is 0.497 e. The number of benzene rings is 3. The third kappa shape index (κ3) is 6.74. The van der Waals surface area contributed by atoms with Gasteiger partial charge in [0.2, 0.25) is 0 Å². The predicted molar refractivity (Wildman–Crippen MR) is 175 cm³/mol. The fourth-order valence-electron chi connectivity index (χ4n) is 5.32. The molecule has 6 rings (SSSR count). The molecule has 1 N–H and O–H groups in total. The van der Waals surface area contributed by atoms with Crippen molar-refractivity contribution in [2.45, 2.75) is 24.2 Å². The molecule has 12 nitrogen and oxygen atoms in total. The van der Waals surface area contributed by atoms with E-state index in [1.807, 2.05) is 36.4 Å². The van der Waals surface area contributed by atoms with Crippen LogP contribution in [0.2, 0.25) is 0 Å².